The van der Waals surface area contributed by atoms with E-state index in [0.717, 1.165) is 10.5 Å². The predicted octanol–water partition coefficient (Wildman–Crippen LogP) is 4.10. The van der Waals surface area contributed by atoms with E-state index < -0.39 is 133 Å². The number of allylic oxidation sites excluding steroid dienone is 6. The number of hydrogen-bond acceptors (Lipinski definition) is 20. The molecule has 2 unspecified atom stereocenters. The van der Waals surface area contributed by atoms with E-state index in [0.29, 0.717) is 56.9 Å². The third-order valence-corrected chi connectivity index (χ3v) is 16.5. The lowest BCUT2D eigenvalue weighted by Crippen LogP contribution is -2.62. The second kappa shape index (κ2) is 28.9. The van der Waals surface area contributed by atoms with Crippen molar-refractivity contribution in [1.29, 1.82) is 0 Å². The number of nitrogens with zero attached hydrogens (tertiary/aromatic N) is 1. The molecule has 1 saturated carbocycles. The molecule has 0 aromatic carbocycles. The monoisotopic (exact) mass is 1110 g/mol. The minimum absolute atomic E-state index is 0.0111. The van der Waals surface area contributed by atoms with Gasteiger partial charge >= 0.3 is 18.1 Å². The van der Waals surface area contributed by atoms with Gasteiger partial charge in [0.2, 0.25) is 5.79 Å². The molecular formula is C57H87NO20. The molecule has 19 atom stereocenters. The molecule has 0 aromatic heterocycles. The summed E-state index contributed by atoms with van der Waals surface area (Å²) < 4.78 is 44.9. The molecule has 440 valence electrons. The average Bonchev–Trinajstić information content (AvgIpc) is 3.44. The van der Waals surface area contributed by atoms with Gasteiger partial charge in [0, 0.05) is 58.5 Å². The van der Waals surface area contributed by atoms with Gasteiger partial charge in [0.05, 0.1) is 24.9 Å². The smallest absolute Gasteiger partial charge is 0.460 e. The molecule has 0 spiro atoms. The molecule has 5 aliphatic rings. The van der Waals surface area contributed by atoms with Crippen LogP contribution < -0.4 is 0 Å². The SMILES string of the molecule is CO[C@H]1C[C@@H]2CC[C@@H](C)[C@@](O)(O2)C(=O)C(=O)N2CCCC[C@H]2C(=O)O[C@H]([C@H](C)C[C@H]2CC[C@@H](OC(=O)O[C@@]3(O)OC[C@H](O)C(O)C3O)[C@H](OC)C2)CC(=O)[C@H](C)/C=C(\C)[C@@H](O)[C@@H](OC)C(=O)[C@H](C)C[C@H](C)/C=C/C=CC=C1C. The molecule has 21 heteroatoms. The minimum atomic E-state index is -3.00. The zero-order valence-corrected chi connectivity index (χ0v) is 47.0. The summed E-state index contributed by atoms with van der Waals surface area (Å²) in [5.74, 6) is -12.1. The number of ether oxygens (including phenoxy) is 8. The molecule has 6 N–H and O–H groups in total. The molecule has 3 saturated heterocycles. The Labute approximate surface area is 458 Å². The average molecular weight is 1110 g/mol. The molecular weight excluding hydrogens is 1020 g/mol. The van der Waals surface area contributed by atoms with Gasteiger partial charge in [0.25, 0.3) is 11.7 Å². The van der Waals surface area contributed by atoms with Crippen molar-refractivity contribution in [3.05, 3.63) is 47.6 Å². The first-order valence-electron chi connectivity index (χ1n) is 27.6. The van der Waals surface area contributed by atoms with Crippen molar-refractivity contribution in [2.45, 2.75) is 204 Å². The van der Waals surface area contributed by atoms with Crippen molar-refractivity contribution < 1.29 is 97.3 Å². The molecule has 0 radical (unpaired) electrons. The number of aliphatic hydroxyl groups is 6. The summed E-state index contributed by atoms with van der Waals surface area (Å²) in [7, 11) is 4.30. The second-order valence-electron chi connectivity index (χ2n) is 22.5. The number of fused-ring (bicyclic) bond motifs is 3. The van der Waals surface area contributed by atoms with Crippen LogP contribution in [0.5, 0.6) is 0 Å². The highest BCUT2D eigenvalue weighted by Crippen LogP contribution is 2.39. The summed E-state index contributed by atoms with van der Waals surface area (Å²) in [6, 6.07) is -1.25. The fourth-order valence-electron chi connectivity index (χ4n) is 11.4. The van der Waals surface area contributed by atoms with E-state index in [1.807, 2.05) is 51.2 Å². The van der Waals surface area contributed by atoms with Crippen molar-refractivity contribution in [2.24, 2.45) is 35.5 Å². The number of carbonyl (C=O) groups is 6. The van der Waals surface area contributed by atoms with Gasteiger partial charge < -0.3 is 73.4 Å². The van der Waals surface area contributed by atoms with Crippen LogP contribution in [0.15, 0.2) is 47.6 Å². The van der Waals surface area contributed by atoms with E-state index in [9.17, 15) is 59.4 Å². The van der Waals surface area contributed by atoms with Gasteiger partial charge in [-0.25, -0.2) is 9.59 Å². The van der Waals surface area contributed by atoms with E-state index in [1.54, 1.807) is 40.9 Å². The van der Waals surface area contributed by atoms with Crippen molar-refractivity contribution in [1.82, 2.24) is 4.90 Å². The zero-order chi connectivity index (χ0) is 57.8. The molecule has 1 aliphatic carbocycles. The maximum Gasteiger partial charge on any atom is 0.513 e. The number of methoxy groups -OCH3 is 3. The normalized spacial score (nSPS) is 40.4. The van der Waals surface area contributed by atoms with Crippen molar-refractivity contribution in [3.8, 4) is 0 Å². The number of hydrogen-bond donors (Lipinski definition) is 6. The highest BCUT2D eigenvalue weighted by molar-refractivity contribution is 6.39. The fourth-order valence-corrected chi connectivity index (χ4v) is 11.4. The van der Waals surface area contributed by atoms with Crippen LogP contribution in [0.4, 0.5) is 4.79 Å². The lowest BCUT2D eigenvalue weighted by atomic mass is 9.78. The Bertz CT molecular complexity index is 2200. The van der Waals surface area contributed by atoms with Crippen molar-refractivity contribution in [3.63, 3.8) is 0 Å². The van der Waals surface area contributed by atoms with E-state index in [2.05, 4.69) is 0 Å². The number of cyclic esters (lactones) is 1. The topological polar surface area (TPSA) is 301 Å². The molecule has 78 heavy (non-hydrogen) atoms. The van der Waals surface area contributed by atoms with Crippen LogP contribution in [0, 0.1) is 35.5 Å². The first kappa shape index (κ1) is 64.6. The largest absolute Gasteiger partial charge is 0.513 e. The summed E-state index contributed by atoms with van der Waals surface area (Å²) in [6.45, 7) is 11.7. The third-order valence-electron chi connectivity index (χ3n) is 16.5. The third kappa shape index (κ3) is 16.2. The van der Waals surface area contributed by atoms with E-state index in [4.69, 9.17) is 37.9 Å². The van der Waals surface area contributed by atoms with Crippen LogP contribution in [-0.4, -0.2) is 184 Å². The Hall–Kier alpha value is -4.26. The van der Waals surface area contributed by atoms with Gasteiger partial charge in [0.15, 0.2) is 11.9 Å². The Morgan fingerprint density at radius 1 is 0.833 bits per heavy atom. The summed E-state index contributed by atoms with van der Waals surface area (Å²) in [5, 5.41) is 64.2. The first-order valence-corrected chi connectivity index (χ1v) is 27.6. The quantitative estimate of drug-likeness (QED) is 0.0863. The molecule has 5 rings (SSSR count). The standard InChI is InChI=1S/C57H87NO20/c1-31-16-12-11-13-17-32(2)44(71-8)28-39-21-19-37(7)56(69,77-39)52(65)53(66)58-23-15-14-18-40(58)54(67)75-45(29-41(59)33(3)25-36(6)48(62)50(73-10)47(61)35(5)24-31)34(4)26-38-20-22-43(46(27-38)72-9)76-55(68)78-57(70)51(64)49(63)42(60)30-74-57/h11-13,16-17,25,31,33-35,37-40,42-46,48-51,60,62-64,69-70H,14-15,18-24,26-30H2,1-10H3/b13-11?,16-12+,32-17?,36-25+/t31-,33-,34-,35-,37-,38-,39+,40+,42+,43-,44+,45+,46-,48-,49?,50+,51?,56-,57+/m1/s1. The molecule has 1 amide bonds. The first-order chi connectivity index (χ1) is 36.8. The molecule has 2 bridgehead atoms. The van der Waals surface area contributed by atoms with Gasteiger partial charge in [0.1, 0.15) is 48.4 Å². The number of amides is 1. The Morgan fingerprint density at radius 2 is 1.55 bits per heavy atom. The molecule has 21 nitrogen and oxygen atoms in total. The number of carbonyl (C=O) groups excluding carboxylic acids is 6. The van der Waals surface area contributed by atoms with Crippen LogP contribution in [0.25, 0.3) is 0 Å². The van der Waals surface area contributed by atoms with E-state index >= 15 is 0 Å². The molecule has 0 aromatic rings. The Morgan fingerprint density at radius 3 is 2.23 bits per heavy atom. The maximum atomic E-state index is 14.6. The lowest BCUT2D eigenvalue weighted by molar-refractivity contribution is -0.415. The van der Waals surface area contributed by atoms with Gasteiger partial charge in [-0.1, -0.05) is 71.1 Å². The number of rotatable bonds is 8. The second-order valence-corrected chi connectivity index (χ2v) is 22.5. The van der Waals surface area contributed by atoms with Gasteiger partial charge in [-0.3, -0.25) is 19.2 Å². The summed E-state index contributed by atoms with van der Waals surface area (Å²) >= 11 is 0. The zero-order valence-electron chi connectivity index (χ0n) is 47.0. The Kier molecular flexibility index (Phi) is 24.0. The summed E-state index contributed by atoms with van der Waals surface area (Å²) in [5.41, 5.74) is 1.16. The highest BCUT2D eigenvalue weighted by atomic mass is 16.9. The van der Waals surface area contributed by atoms with Crippen LogP contribution in [0.3, 0.4) is 0 Å². The van der Waals surface area contributed by atoms with Crippen molar-refractivity contribution >= 4 is 35.4 Å². The molecule has 4 heterocycles. The molecule has 4 fully saturated rings. The fraction of sp³-hybridized carbons (Fsp3) is 0.754. The van der Waals surface area contributed by atoms with Gasteiger partial charge in [-0.2, -0.15) is 0 Å². The minimum Gasteiger partial charge on any atom is -0.460 e. The van der Waals surface area contributed by atoms with Gasteiger partial charge in [-0.05, 0) is 107 Å². The van der Waals surface area contributed by atoms with Crippen LogP contribution in [-0.2, 0) is 61.9 Å². The number of esters is 1. The number of piperidine rings is 1. The number of aliphatic hydroxyl groups excluding tert-OH is 4. The lowest BCUT2D eigenvalue weighted by Gasteiger charge is -2.42. The van der Waals surface area contributed by atoms with Crippen LogP contribution in [0.1, 0.15) is 126 Å². The number of Topliss-reactive ketones (excluding diaryl/α,β-unsaturated/α-hetero) is 3. The van der Waals surface area contributed by atoms with Gasteiger partial charge in [-0.15, -0.1) is 0 Å². The van der Waals surface area contributed by atoms with Crippen molar-refractivity contribution in [2.75, 3.05) is 34.5 Å². The van der Waals surface area contributed by atoms with E-state index in [1.165, 1.54) is 14.2 Å². The number of ketones is 3. The highest BCUT2D eigenvalue weighted by Gasteiger charge is 2.55. The van der Waals surface area contributed by atoms with E-state index in [-0.39, 0.29) is 55.6 Å². The summed E-state index contributed by atoms with van der Waals surface area (Å²) in [4.78, 5) is 85.5. The Balaban J connectivity index is 1.42. The maximum absolute atomic E-state index is 14.6. The summed E-state index contributed by atoms with van der Waals surface area (Å²) in [6.07, 6.45) is 1.17. The van der Waals surface area contributed by atoms with Crippen LogP contribution in [0.2, 0.25) is 0 Å². The van der Waals surface area contributed by atoms with Crippen LogP contribution >= 0.6 is 0 Å². The predicted molar refractivity (Wildman–Crippen MR) is 279 cm³/mol. The molecule has 4 aliphatic heterocycles.